The number of hydrogen-bond donors (Lipinski definition) is 1. The average molecular weight is 258 g/mol. The van der Waals surface area contributed by atoms with Crippen LogP contribution in [0.2, 0.25) is 0 Å². The molecule has 0 atom stereocenters. The molecule has 1 aromatic carbocycles. The zero-order chi connectivity index (χ0) is 13.5. The molecule has 1 aliphatic rings. The smallest absolute Gasteiger partial charge is 0.0540 e. The average Bonchev–Trinajstić information content (AvgIpc) is 2.43. The molecule has 0 bridgehead atoms. The van der Waals surface area contributed by atoms with Gasteiger partial charge in [0.2, 0.25) is 0 Å². The molecule has 2 rings (SSSR count). The van der Waals surface area contributed by atoms with Crippen molar-refractivity contribution < 1.29 is 5.11 Å². The maximum absolute atomic E-state index is 8.78. The molecule has 0 saturated carbocycles. The molecule has 1 N–H and O–H groups in total. The summed E-state index contributed by atoms with van der Waals surface area (Å²) in [5, 5.41) is 8.78. The highest BCUT2D eigenvalue weighted by molar-refractivity contribution is 5.41. The molecule has 1 saturated heterocycles. The third-order valence-electron chi connectivity index (χ3n) is 3.47. The van der Waals surface area contributed by atoms with Crippen LogP contribution in [0.15, 0.2) is 24.3 Å². The van der Waals surface area contributed by atoms with E-state index >= 15 is 0 Å². The summed E-state index contributed by atoms with van der Waals surface area (Å²) in [4.78, 5) is 4.84. The molecule has 0 aromatic heterocycles. The molecule has 102 valence electrons. The summed E-state index contributed by atoms with van der Waals surface area (Å²) in [5.41, 5.74) is 2.38. The van der Waals surface area contributed by atoms with Crippen LogP contribution in [-0.2, 0) is 6.54 Å². The lowest BCUT2D eigenvalue weighted by atomic mass is 10.1. The lowest BCUT2D eigenvalue weighted by Crippen LogP contribution is -2.43. The molecule has 0 unspecified atom stereocenters. The Hall–Kier alpha value is -1.34. The van der Waals surface area contributed by atoms with E-state index in [1.165, 1.54) is 5.56 Å². The Labute approximate surface area is 115 Å². The van der Waals surface area contributed by atoms with Crippen LogP contribution in [0.1, 0.15) is 17.5 Å². The summed E-state index contributed by atoms with van der Waals surface area (Å²) < 4.78 is 0. The molecular weight excluding hydrogens is 236 g/mol. The lowest BCUT2D eigenvalue weighted by Gasteiger charge is -2.32. The van der Waals surface area contributed by atoms with E-state index in [0.717, 1.165) is 38.3 Å². The Kier molecular flexibility index (Phi) is 5.41. The van der Waals surface area contributed by atoms with Crippen molar-refractivity contribution in [2.45, 2.75) is 13.0 Å². The second-order valence-electron chi connectivity index (χ2n) is 5.01. The maximum atomic E-state index is 8.78. The van der Waals surface area contributed by atoms with Crippen molar-refractivity contribution in [3.05, 3.63) is 35.4 Å². The van der Waals surface area contributed by atoms with Gasteiger partial charge >= 0.3 is 0 Å². The predicted octanol–water partition coefficient (Wildman–Crippen LogP) is 1.17. The van der Waals surface area contributed by atoms with E-state index in [2.05, 4.69) is 46.9 Å². The number of nitrogens with zero attached hydrogens (tertiary/aromatic N) is 2. The molecule has 3 heteroatoms. The number of benzene rings is 1. The molecule has 1 aliphatic heterocycles. The zero-order valence-corrected chi connectivity index (χ0v) is 11.6. The van der Waals surface area contributed by atoms with Gasteiger partial charge in [0.1, 0.15) is 0 Å². The van der Waals surface area contributed by atoms with Gasteiger partial charge in [0.15, 0.2) is 0 Å². The minimum Gasteiger partial charge on any atom is -0.395 e. The first kappa shape index (κ1) is 14.1. The van der Waals surface area contributed by atoms with E-state index in [9.17, 15) is 0 Å². The third-order valence-corrected chi connectivity index (χ3v) is 3.47. The fourth-order valence-electron chi connectivity index (χ4n) is 2.24. The Morgan fingerprint density at radius 3 is 2.63 bits per heavy atom. The van der Waals surface area contributed by atoms with Crippen LogP contribution < -0.4 is 0 Å². The summed E-state index contributed by atoms with van der Waals surface area (Å²) >= 11 is 0. The van der Waals surface area contributed by atoms with Crippen LogP contribution in [0.5, 0.6) is 0 Å². The standard InChI is InChI=1S/C16H22N2O/c1-17-9-11-18(12-10-17)14-16-8-3-2-6-15(16)7-4-5-13-19/h2-3,6,8,19H,5,9-14H2,1H3. The van der Waals surface area contributed by atoms with Crippen LogP contribution in [0, 0.1) is 11.8 Å². The van der Waals surface area contributed by atoms with Gasteiger partial charge in [-0.1, -0.05) is 30.0 Å². The van der Waals surface area contributed by atoms with Gasteiger partial charge in [-0.15, -0.1) is 0 Å². The number of aliphatic hydroxyl groups excluding tert-OH is 1. The number of piperazine rings is 1. The Morgan fingerprint density at radius 1 is 1.16 bits per heavy atom. The monoisotopic (exact) mass is 258 g/mol. The van der Waals surface area contributed by atoms with Gasteiger partial charge in [-0.2, -0.15) is 0 Å². The molecular formula is C16H22N2O. The summed E-state index contributed by atoms with van der Waals surface area (Å²) in [6, 6.07) is 8.32. The Balaban J connectivity index is 2.02. The van der Waals surface area contributed by atoms with Gasteiger partial charge in [0.25, 0.3) is 0 Å². The van der Waals surface area contributed by atoms with E-state index in [4.69, 9.17) is 5.11 Å². The SMILES string of the molecule is CN1CCN(Cc2ccccc2C#CCCO)CC1. The molecule has 0 spiro atoms. The van der Waals surface area contributed by atoms with Crippen molar-refractivity contribution in [1.29, 1.82) is 0 Å². The number of rotatable bonds is 3. The first-order valence-electron chi connectivity index (χ1n) is 6.88. The minimum atomic E-state index is 0.133. The van der Waals surface area contributed by atoms with Crippen molar-refractivity contribution in [2.75, 3.05) is 39.8 Å². The summed E-state index contributed by atoms with van der Waals surface area (Å²) in [6.07, 6.45) is 0.544. The normalized spacial score (nSPS) is 16.9. The van der Waals surface area contributed by atoms with Crippen LogP contribution in [0.25, 0.3) is 0 Å². The van der Waals surface area contributed by atoms with Crippen molar-refractivity contribution in [1.82, 2.24) is 9.80 Å². The highest BCUT2D eigenvalue weighted by atomic mass is 16.2. The number of hydrogen-bond acceptors (Lipinski definition) is 3. The summed E-state index contributed by atoms with van der Waals surface area (Å²) in [6.45, 7) is 5.62. The number of aliphatic hydroxyl groups is 1. The predicted molar refractivity (Wildman–Crippen MR) is 77.8 cm³/mol. The molecule has 1 aromatic rings. The molecule has 19 heavy (non-hydrogen) atoms. The van der Waals surface area contributed by atoms with E-state index in [1.54, 1.807) is 0 Å². The van der Waals surface area contributed by atoms with Gasteiger partial charge in [-0.25, -0.2) is 0 Å². The van der Waals surface area contributed by atoms with Crippen LogP contribution in [-0.4, -0.2) is 54.7 Å². The van der Waals surface area contributed by atoms with Gasteiger partial charge in [-0.3, -0.25) is 4.90 Å². The van der Waals surface area contributed by atoms with Crippen molar-refractivity contribution in [2.24, 2.45) is 0 Å². The Bertz CT molecular complexity index is 453. The van der Waals surface area contributed by atoms with E-state index in [1.807, 2.05) is 6.07 Å². The van der Waals surface area contributed by atoms with Crippen molar-refractivity contribution >= 4 is 0 Å². The fourth-order valence-corrected chi connectivity index (χ4v) is 2.24. The molecule has 1 heterocycles. The van der Waals surface area contributed by atoms with Crippen LogP contribution in [0.3, 0.4) is 0 Å². The van der Waals surface area contributed by atoms with E-state index in [0.29, 0.717) is 6.42 Å². The molecule has 0 aliphatic carbocycles. The lowest BCUT2D eigenvalue weighted by molar-refractivity contribution is 0.148. The first-order chi connectivity index (χ1) is 9.29. The number of likely N-dealkylation sites (N-methyl/N-ethyl adjacent to an activating group) is 1. The second-order valence-corrected chi connectivity index (χ2v) is 5.01. The molecule has 0 radical (unpaired) electrons. The molecule has 0 amide bonds. The first-order valence-corrected chi connectivity index (χ1v) is 6.88. The highest BCUT2D eigenvalue weighted by Gasteiger charge is 2.14. The van der Waals surface area contributed by atoms with E-state index in [-0.39, 0.29) is 6.61 Å². The maximum Gasteiger partial charge on any atom is 0.0540 e. The fraction of sp³-hybridized carbons (Fsp3) is 0.500. The molecule has 1 fully saturated rings. The highest BCUT2D eigenvalue weighted by Crippen LogP contribution is 2.12. The Morgan fingerprint density at radius 2 is 1.89 bits per heavy atom. The zero-order valence-electron chi connectivity index (χ0n) is 11.6. The minimum absolute atomic E-state index is 0.133. The van der Waals surface area contributed by atoms with Crippen LogP contribution >= 0.6 is 0 Å². The van der Waals surface area contributed by atoms with Gasteiger partial charge in [-0.05, 0) is 18.7 Å². The van der Waals surface area contributed by atoms with Crippen molar-refractivity contribution in [3.8, 4) is 11.8 Å². The summed E-state index contributed by atoms with van der Waals surface area (Å²) in [7, 11) is 2.17. The summed E-state index contributed by atoms with van der Waals surface area (Å²) in [5.74, 6) is 6.17. The van der Waals surface area contributed by atoms with Crippen LogP contribution in [0.4, 0.5) is 0 Å². The quantitative estimate of drug-likeness (QED) is 0.825. The second kappa shape index (κ2) is 7.30. The van der Waals surface area contributed by atoms with Crippen molar-refractivity contribution in [3.63, 3.8) is 0 Å². The van der Waals surface area contributed by atoms with E-state index < -0.39 is 0 Å². The largest absolute Gasteiger partial charge is 0.395 e. The van der Waals surface area contributed by atoms with Gasteiger partial charge in [0.05, 0.1) is 6.61 Å². The topological polar surface area (TPSA) is 26.7 Å². The molecule has 3 nitrogen and oxygen atoms in total. The van der Waals surface area contributed by atoms with Gasteiger partial charge < -0.3 is 10.0 Å². The van der Waals surface area contributed by atoms with Gasteiger partial charge in [0, 0.05) is 44.7 Å². The third kappa shape index (κ3) is 4.36.